The van der Waals surface area contributed by atoms with Crippen molar-refractivity contribution >= 4 is 17.7 Å². The Morgan fingerprint density at radius 1 is 1.17 bits per heavy atom. The van der Waals surface area contributed by atoms with Crippen LogP contribution in [-0.4, -0.2) is 41.3 Å². The fraction of sp³-hybridized carbons (Fsp3) is 0.176. The van der Waals surface area contributed by atoms with E-state index >= 15 is 0 Å². The van der Waals surface area contributed by atoms with Crippen LogP contribution in [0.2, 0.25) is 0 Å². The van der Waals surface area contributed by atoms with Gasteiger partial charge in [0.2, 0.25) is 5.91 Å². The summed E-state index contributed by atoms with van der Waals surface area (Å²) in [7, 11) is 1.58. The molecule has 7 nitrogen and oxygen atoms in total. The molecule has 0 unspecified atom stereocenters. The molecule has 3 rings (SSSR count). The highest BCUT2D eigenvalue weighted by molar-refractivity contribution is 6.21. The number of imide groups is 1. The normalized spacial score (nSPS) is 13.0. The standard InChI is InChI=1S/C17H15N3O4/c1-24-12-6-4-11(5-7-12)9-19-14(21)10-20-16(22)13-3-2-8-18-15(13)17(20)23/h2-8H,9-10H2,1H3,(H,19,21). The van der Waals surface area contributed by atoms with Crippen LogP contribution in [0, 0.1) is 0 Å². The van der Waals surface area contributed by atoms with Crippen molar-refractivity contribution in [1.82, 2.24) is 15.2 Å². The molecular formula is C17H15N3O4. The van der Waals surface area contributed by atoms with Crippen LogP contribution in [-0.2, 0) is 11.3 Å². The first kappa shape index (κ1) is 15.7. The van der Waals surface area contributed by atoms with Gasteiger partial charge >= 0.3 is 0 Å². The molecular weight excluding hydrogens is 310 g/mol. The van der Waals surface area contributed by atoms with Crippen LogP contribution in [0.15, 0.2) is 42.6 Å². The van der Waals surface area contributed by atoms with E-state index in [0.717, 1.165) is 16.2 Å². The summed E-state index contributed by atoms with van der Waals surface area (Å²) in [5.41, 5.74) is 1.20. The van der Waals surface area contributed by atoms with E-state index in [1.807, 2.05) is 12.1 Å². The number of pyridine rings is 1. The Hall–Kier alpha value is -3.22. The molecule has 122 valence electrons. The zero-order valence-corrected chi connectivity index (χ0v) is 13.0. The minimum absolute atomic E-state index is 0.0884. The Kier molecular flexibility index (Phi) is 4.24. The van der Waals surface area contributed by atoms with E-state index in [-0.39, 0.29) is 17.8 Å². The minimum Gasteiger partial charge on any atom is -0.497 e. The molecule has 7 heteroatoms. The topological polar surface area (TPSA) is 88.6 Å². The highest BCUT2D eigenvalue weighted by atomic mass is 16.5. The van der Waals surface area contributed by atoms with E-state index in [2.05, 4.69) is 10.3 Å². The van der Waals surface area contributed by atoms with Gasteiger partial charge in [0.25, 0.3) is 11.8 Å². The second-order valence-electron chi connectivity index (χ2n) is 5.22. The second-order valence-corrected chi connectivity index (χ2v) is 5.22. The Bertz CT molecular complexity index is 767. The van der Waals surface area contributed by atoms with Crippen molar-refractivity contribution in [3.63, 3.8) is 0 Å². The number of fused-ring (bicyclic) bond motifs is 1. The molecule has 0 saturated heterocycles. The van der Waals surface area contributed by atoms with E-state index < -0.39 is 17.7 Å². The van der Waals surface area contributed by atoms with Crippen LogP contribution in [0.1, 0.15) is 26.4 Å². The molecule has 2 aromatic rings. The Morgan fingerprint density at radius 3 is 2.58 bits per heavy atom. The lowest BCUT2D eigenvalue weighted by Crippen LogP contribution is -2.40. The average molecular weight is 325 g/mol. The largest absolute Gasteiger partial charge is 0.497 e. The van der Waals surface area contributed by atoms with E-state index in [4.69, 9.17) is 4.74 Å². The molecule has 0 aliphatic carbocycles. The first-order valence-electron chi connectivity index (χ1n) is 7.31. The number of ether oxygens (including phenoxy) is 1. The fourth-order valence-electron chi connectivity index (χ4n) is 2.40. The number of hydrogen-bond acceptors (Lipinski definition) is 5. The summed E-state index contributed by atoms with van der Waals surface area (Å²) in [6, 6.07) is 10.3. The van der Waals surface area contributed by atoms with Crippen molar-refractivity contribution in [1.29, 1.82) is 0 Å². The second kappa shape index (κ2) is 6.49. The molecule has 1 N–H and O–H groups in total. The van der Waals surface area contributed by atoms with Gasteiger partial charge < -0.3 is 10.1 Å². The maximum atomic E-state index is 12.2. The molecule has 0 atom stereocenters. The van der Waals surface area contributed by atoms with Gasteiger partial charge in [-0.2, -0.15) is 0 Å². The maximum Gasteiger partial charge on any atom is 0.280 e. The first-order valence-corrected chi connectivity index (χ1v) is 7.31. The fourth-order valence-corrected chi connectivity index (χ4v) is 2.40. The van der Waals surface area contributed by atoms with Crippen molar-refractivity contribution < 1.29 is 19.1 Å². The number of hydrogen-bond donors (Lipinski definition) is 1. The number of carbonyl (C=O) groups is 3. The van der Waals surface area contributed by atoms with Crippen LogP contribution in [0.4, 0.5) is 0 Å². The molecule has 1 aromatic carbocycles. The highest BCUT2D eigenvalue weighted by Gasteiger charge is 2.37. The number of methoxy groups -OCH3 is 1. The first-order chi connectivity index (χ1) is 11.6. The molecule has 0 spiro atoms. The summed E-state index contributed by atoms with van der Waals surface area (Å²) in [5, 5.41) is 2.68. The van der Waals surface area contributed by atoms with Gasteiger partial charge in [0.15, 0.2) is 0 Å². The number of benzene rings is 1. The van der Waals surface area contributed by atoms with Crippen LogP contribution in [0.25, 0.3) is 0 Å². The summed E-state index contributed by atoms with van der Waals surface area (Å²) in [6.45, 7) is -0.0333. The van der Waals surface area contributed by atoms with Gasteiger partial charge in [-0.1, -0.05) is 12.1 Å². The predicted molar refractivity (Wildman–Crippen MR) is 84.4 cm³/mol. The molecule has 1 aliphatic heterocycles. The third-order valence-electron chi connectivity index (χ3n) is 3.68. The van der Waals surface area contributed by atoms with E-state index in [9.17, 15) is 14.4 Å². The summed E-state index contributed by atoms with van der Waals surface area (Å²) in [5.74, 6) is -0.734. The van der Waals surface area contributed by atoms with Gasteiger partial charge in [0.1, 0.15) is 18.0 Å². The third-order valence-corrected chi connectivity index (χ3v) is 3.68. The van der Waals surface area contributed by atoms with E-state index in [0.29, 0.717) is 6.54 Å². The Balaban J connectivity index is 1.59. The average Bonchev–Trinajstić information content (AvgIpc) is 2.86. The zero-order chi connectivity index (χ0) is 17.1. The number of rotatable bonds is 5. The van der Waals surface area contributed by atoms with Crippen molar-refractivity contribution in [2.75, 3.05) is 13.7 Å². The number of amides is 3. The smallest absolute Gasteiger partial charge is 0.280 e. The van der Waals surface area contributed by atoms with Gasteiger partial charge in [-0.25, -0.2) is 0 Å². The molecule has 2 heterocycles. The van der Waals surface area contributed by atoms with Crippen molar-refractivity contribution in [2.24, 2.45) is 0 Å². The lowest BCUT2D eigenvalue weighted by Gasteiger charge is -2.13. The molecule has 24 heavy (non-hydrogen) atoms. The van der Waals surface area contributed by atoms with Gasteiger partial charge in [-0.05, 0) is 29.8 Å². The van der Waals surface area contributed by atoms with Crippen molar-refractivity contribution in [2.45, 2.75) is 6.54 Å². The maximum absolute atomic E-state index is 12.2. The van der Waals surface area contributed by atoms with E-state index in [1.165, 1.54) is 12.3 Å². The molecule has 1 aliphatic rings. The summed E-state index contributed by atoms with van der Waals surface area (Å²) in [6.07, 6.45) is 1.44. The predicted octanol–water partition coefficient (Wildman–Crippen LogP) is 1.00. The molecule has 0 radical (unpaired) electrons. The van der Waals surface area contributed by atoms with Crippen LogP contribution < -0.4 is 10.1 Å². The summed E-state index contributed by atoms with van der Waals surface area (Å²) in [4.78, 5) is 41.1. The Labute approximate surface area is 138 Å². The van der Waals surface area contributed by atoms with Crippen LogP contribution >= 0.6 is 0 Å². The minimum atomic E-state index is -0.546. The lowest BCUT2D eigenvalue weighted by atomic mass is 10.2. The van der Waals surface area contributed by atoms with Gasteiger partial charge in [0, 0.05) is 12.7 Å². The molecule has 0 saturated carbocycles. The number of nitrogens with zero attached hydrogens (tertiary/aromatic N) is 2. The van der Waals surface area contributed by atoms with Crippen molar-refractivity contribution in [3.05, 3.63) is 59.4 Å². The van der Waals surface area contributed by atoms with Gasteiger partial charge in [-0.3, -0.25) is 24.3 Å². The monoisotopic (exact) mass is 325 g/mol. The van der Waals surface area contributed by atoms with Crippen LogP contribution in [0.5, 0.6) is 5.75 Å². The summed E-state index contributed by atoms with van der Waals surface area (Å²) < 4.78 is 5.06. The molecule has 3 amide bonds. The number of nitrogens with one attached hydrogen (secondary N) is 1. The SMILES string of the molecule is COc1ccc(CNC(=O)CN2C(=O)c3cccnc3C2=O)cc1. The van der Waals surface area contributed by atoms with Crippen LogP contribution in [0.3, 0.4) is 0 Å². The van der Waals surface area contributed by atoms with Crippen molar-refractivity contribution in [3.8, 4) is 5.75 Å². The molecule has 1 aromatic heterocycles. The number of carbonyl (C=O) groups excluding carboxylic acids is 3. The van der Waals surface area contributed by atoms with E-state index in [1.54, 1.807) is 25.3 Å². The molecule has 0 fully saturated rings. The zero-order valence-electron chi connectivity index (χ0n) is 13.0. The Morgan fingerprint density at radius 2 is 1.92 bits per heavy atom. The summed E-state index contributed by atoms with van der Waals surface area (Å²) >= 11 is 0. The highest BCUT2D eigenvalue weighted by Crippen LogP contribution is 2.19. The van der Waals surface area contributed by atoms with Gasteiger partial charge in [-0.15, -0.1) is 0 Å². The molecule has 0 bridgehead atoms. The quantitative estimate of drug-likeness (QED) is 0.829. The lowest BCUT2D eigenvalue weighted by molar-refractivity contribution is -0.121. The van der Waals surface area contributed by atoms with Gasteiger partial charge in [0.05, 0.1) is 12.7 Å². The third kappa shape index (κ3) is 2.96. The number of aromatic nitrogens is 1.